The van der Waals surface area contributed by atoms with Crippen molar-refractivity contribution < 1.29 is 14.3 Å². The molecule has 2 unspecified atom stereocenters. The summed E-state index contributed by atoms with van der Waals surface area (Å²) in [6.07, 6.45) is 1.14. The highest BCUT2D eigenvalue weighted by Crippen LogP contribution is 2.49. The van der Waals surface area contributed by atoms with Gasteiger partial charge in [-0.05, 0) is 31.0 Å². The first kappa shape index (κ1) is 21.4. The molecule has 0 heterocycles. The Kier molecular flexibility index (Phi) is 6.99. The smallest absolute Gasteiger partial charge is 0.248 e. The van der Waals surface area contributed by atoms with Gasteiger partial charge in [-0.3, -0.25) is 9.59 Å². The Morgan fingerprint density at radius 2 is 2.04 bits per heavy atom. The zero-order chi connectivity index (χ0) is 18.0. The molecule has 7 heteroatoms. The standard InChI is InChI=1S/C18H27N3O3.ClH/c1-4-24-14-11-18(20,17(14,2)3)16(23)21-9-8-12-6-5-7-13(10-12)15(19)22;/h5-7,10,14H,4,8-9,11,20H2,1-3H3,(H2,19,22)(H,21,23);1H. The summed E-state index contributed by atoms with van der Waals surface area (Å²) in [5, 5.41) is 2.90. The van der Waals surface area contributed by atoms with Crippen LogP contribution in [0.1, 0.15) is 43.1 Å². The van der Waals surface area contributed by atoms with E-state index in [4.69, 9.17) is 16.2 Å². The number of amides is 2. The lowest BCUT2D eigenvalue weighted by Crippen LogP contribution is -2.75. The van der Waals surface area contributed by atoms with Crippen LogP contribution in [0.3, 0.4) is 0 Å². The fraction of sp³-hybridized carbons (Fsp3) is 0.556. The van der Waals surface area contributed by atoms with Gasteiger partial charge in [0.25, 0.3) is 0 Å². The number of halogens is 1. The zero-order valence-corrected chi connectivity index (χ0v) is 15.8. The van der Waals surface area contributed by atoms with Crippen molar-refractivity contribution in [1.29, 1.82) is 0 Å². The van der Waals surface area contributed by atoms with E-state index in [9.17, 15) is 9.59 Å². The Balaban J connectivity index is 0.00000312. The van der Waals surface area contributed by atoms with Crippen molar-refractivity contribution in [3.63, 3.8) is 0 Å². The molecule has 0 bridgehead atoms. The fourth-order valence-electron chi connectivity index (χ4n) is 3.18. The Bertz CT molecular complexity index is 636. The largest absolute Gasteiger partial charge is 0.378 e. The minimum Gasteiger partial charge on any atom is -0.378 e. The third kappa shape index (κ3) is 4.14. The molecule has 0 aromatic heterocycles. The number of ether oxygens (including phenoxy) is 1. The number of carbonyl (C=O) groups is 2. The Labute approximate surface area is 155 Å². The Hall–Kier alpha value is -1.63. The van der Waals surface area contributed by atoms with Gasteiger partial charge in [0.05, 0.1) is 6.10 Å². The van der Waals surface area contributed by atoms with Crippen LogP contribution >= 0.6 is 12.4 Å². The molecule has 0 aliphatic heterocycles. The molecule has 0 spiro atoms. The van der Waals surface area contributed by atoms with E-state index < -0.39 is 16.9 Å². The highest BCUT2D eigenvalue weighted by molar-refractivity contribution is 5.93. The predicted molar refractivity (Wildman–Crippen MR) is 99.7 cm³/mol. The number of nitrogens with two attached hydrogens (primary N) is 2. The van der Waals surface area contributed by atoms with Gasteiger partial charge in [0.15, 0.2) is 0 Å². The minimum atomic E-state index is -0.915. The van der Waals surface area contributed by atoms with E-state index in [1.807, 2.05) is 26.8 Å². The van der Waals surface area contributed by atoms with Crippen LogP contribution in [0.15, 0.2) is 24.3 Å². The number of nitrogens with one attached hydrogen (secondary N) is 1. The zero-order valence-electron chi connectivity index (χ0n) is 15.0. The van der Waals surface area contributed by atoms with Crippen LogP contribution in [-0.2, 0) is 16.0 Å². The van der Waals surface area contributed by atoms with Gasteiger partial charge < -0.3 is 21.5 Å². The summed E-state index contributed by atoms with van der Waals surface area (Å²) < 4.78 is 5.64. The first-order valence-electron chi connectivity index (χ1n) is 8.30. The first-order valence-corrected chi connectivity index (χ1v) is 8.30. The highest BCUT2D eigenvalue weighted by atomic mass is 35.5. The van der Waals surface area contributed by atoms with E-state index in [1.165, 1.54) is 0 Å². The molecule has 2 atom stereocenters. The van der Waals surface area contributed by atoms with Crippen LogP contribution in [0.4, 0.5) is 0 Å². The van der Waals surface area contributed by atoms with Gasteiger partial charge in [-0.25, -0.2) is 0 Å². The number of hydrogen-bond donors (Lipinski definition) is 3. The van der Waals surface area contributed by atoms with Gasteiger partial charge in [0, 0.05) is 30.6 Å². The monoisotopic (exact) mass is 369 g/mol. The van der Waals surface area contributed by atoms with Crippen molar-refractivity contribution in [2.45, 2.75) is 45.3 Å². The second-order valence-electron chi connectivity index (χ2n) is 6.91. The van der Waals surface area contributed by atoms with Crippen molar-refractivity contribution in [1.82, 2.24) is 5.32 Å². The van der Waals surface area contributed by atoms with Gasteiger partial charge in [-0.1, -0.05) is 26.0 Å². The van der Waals surface area contributed by atoms with Crippen molar-refractivity contribution in [2.75, 3.05) is 13.2 Å². The molecule has 1 aliphatic carbocycles. The van der Waals surface area contributed by atoms with E-state index in [0.29, 0.717) is 31.6 Å². The lowest BCUT2D eigenvalue weighted by Gasteiger charge is -2.57. The molecule has 1 aromatic carbocycles. The summed E-state index contributed by atoms with van der Waals surface area (Å²) >= 11 is 0. The maximum Gasteiger partial charge on any atom is 0.248 e. The molecule has 140 valence electrons. The molecule has 5 N–H and O–H groups in total. The van der Waals surface area contributed by atoms with Crippen molar-refractivity contribution in [2.24, 2.45) is 16.9 Å². The van der Waals surface area contributed by atoms with Crippen LogP contribution in [0.2, 0.25) is 0 Å². The molecule has 2 amide bonds. The van der Waals surface area contributed by atoms with E-state index >= 15 is 0 Å². The summed E-state index contributed by atoms with van der Waals surface area (Å²) in [6.45, 7) is 6.93. The topological polar surface area (TPSA) is 107 Å². The van der Waals surface area contributed by atoms with Gasteiger partial charge in [-0.2, -0.15) is 0 Å². The minimum absolute atomic E-state index is 0. The van der Waals surface area contributed by atoms with Crippen LogP contribution in [0, 0.1) is 5.41 Å². The molecule has 1 aromatic rings. The third-order valence-corrected chi connectivity index (χ3v) is 5.15. The second kappa shape index (κ2) is 8.17. The van der Waals surface area contributed by atoms with Crippen LogP contribution < -0.4 is 16.8 Å². The van der Waals surface area contributed by atoms with Crippen LogP contribution in [0.5, 0.6) is 0 Å². The van der Waals surface area contributed by atoms with Crippen molar-refractivity contribution >= 4 is 24.2 Å². The predicted octanol–water partition coefficient (Wildman–Crippen LogP) is 1.40. The SMILES string of the molecule is CCOC1CC(N)(C(=O)NCCc2cccc(C(N)=O)c2)C1(C)C.Cl. The van der Waals surface area contributed by atoms with Gasteiger partial charge in [-0.15, -0.1) is 12.4 Å². The average Bonchev–Trinajstić information content (AvgIpc) is 2.54. The average molecular weight is 370 g/mol. The number of carbonyl (C=O) groups excluding carboxylic acids is 2. The van der Waals surface area contributed by atoms with Gasteiger partial charge in [0.1, 0.15) is 5.54 Å². The van der Waals surface area contributed by atoms with E-state index in [0.717, 1.165) is 5.56 Å². The van der Waals surface area contributed by atoms with Gasteiger partial charge >= 0.3 is 0 Å². The Morgan fingerprint density at radius 3 is 2.60 bits per heavy atom. The Morgan fingerprint density at radius 1 is 1.36 bits per heavy atom. The second-order valence-corrected chi connectivity index (χ2v) is 6.91. The highest BCUT2D eigenvalue weighted by Gasteiger charge is 2.62. The number of hydrogen-bond acceptors (Lipinski definition) is 4. The normalized spacial score (nSPS) is 23.9. The third-order valence-electron chi connectivity index (χ3n) is 5.15. The maximum absolute atomic E-state index is 12.5. The van der Waals surface area contributed by atoms with Crippen molar-refractivity contribution in [3.05, 3.63) is 35.4 Å². The fourth-order valence-corrected chi connectivity index (χ4v) is 3.18. The molecular formula is C18H28ClN3O3. The number of rotatable bonds is 7. The summed E-state index contributed by atoms with van der Waals surface area (Å²) in [4.78, 5) is 23.7. The number of benzene rings is 1. The van der Waals surface area contributed by atoms with Crippen LogP contribution in [0.25, 0.3) is 0 Å². The van der Waals surface area contributed by atoms with E-state index in [-0.39, 0.29) is 24.4 Å². The molecule has 1 fully saturated rings. The lowest BCUT2D eigenvalue weighted by atomic mass is 9.54. The molecule has 1 saturated carbocycles. The maximum atomic E-state index is 12.5. The van der Waals surface area contributed by atoms with Crippen molar-refractivity contribution in [3.8, 4) is 0 Å². The first-order chi connectivity index (χ1) is 11.2. The molecule has 0 radical (unpaired) electrons. The van der Waals surface area contributed by atoms with Gasteiger partial charge in [0.2, 0.25) is 11.8 Å². The summed E-state index contributed by atoms with van der Waals surface area (Å²) in [7, 11) is 0. The lowest BCUT2D eigenvalue weighted by molar-refractivity contribution is -0.170. The summed E-state index contributed by atoms with van der Waals surface area (Å²) in [6, 6.07) is 7.09. The molecular weight excluding hydrogens is 342 g/mol. The van der Waals surface area contributed by atoms with E-state index in [2.05, 4.69) is 5.32 Å². The molecule has 25 heavy (non-hydrogen) atoms. The molecule has 1 aliphatic rings. The summed E-state index contributed by atoms with van der Waals surface area (Å²) in [5.74, 6) is -0.616. The van der Waals surface area contributed by atoms with Crippen LogP contribution in [-0.4, -0.2) is 36.6 Å². The molecule has 0 saturated heterocycles. The van der Waals surface area contributed by atoms with E-state index in [1.54, 1.807) is 18.2 Å². The molecule has 6 nitrogen and oxygen atoms in total. The molecule has 2 rings (SSSR count). The summed E-state index contributed by atoms with van der Waals surface area (Å²) in [5.41, 5.74) is 11.7. The number of primary amides is 1. The quantitative estimate of drug-likeness (QED) is 0.675.